The second-order valence-electron chi connectivity index (χ2n) is 5.40. The van der Waals surface area contributed by atoms with Crippen LogP contribution in [0, 0.1) is 5.41 Å². The van der Waals surface area contributed by atoms with Crippen molar-refractivity contribution in [3.8, 4) is 0 Å². The monoisotopic (exact) mass is 242 g/mol. The number of nitrogens with two attached hydrogens (primary N) is 1. The molecule has 1 saturated heterocycles. The Labute approximate surface area is 107 Å². The highest BCUT2D eigenvalue weighted by Crippen LogP contribution is 2.31. The molecule has 2 heterocycles. The molecule has 4 nitrogen and oxygen atoms in total. The van der Waals surface area contributed by atoms with Crippen molar-refractivity contribution in [2.24, 2.45) is 11.1 Å². The molecule has 2 aromatic rings. The van der Waals surface area contributed by atoms with Gasteiger partial charge >= 0.3 is 0 Å². The van der Waals surface area contributed by atoms with E-state index >= 15 is 0 Å². The van der Waals surface area contributed by atoms with Gasteiger partial charge in [-0.15, -0.1) is 0 Å². The molecule has 1 aromatic heterocycles. The van der Waals surface area contributed by atoms with E-state index in [4.69, 9.17) is 5.73 Å². The molecule has 1 fully saturated rings. The van der Waals surface area contributed by atoms with Crippen LogP contribution >= 0.6 is 0 Å². The normalized spacial score (nSPS) is 23.8. The second kappa shape index (κ2) is 4.21. The van der Waals surface area contributed by atoms with Crippen molar-refractivity contribution < 1.29 is 0 Å². The minimum Gasteiger partial charge on any atom is -0.355 e. The van der Waals surface area contributed by atoms with Gasteiger partial charge in [0.15, 0.2) is 0 Å². The first-order valence-corrected chi connectivity index (χ1v) is 6.37. The lowest BCUT2D eigenvalue weighted by molar-refractivity contribution is 0.383. The second-order valence-corrected chi connectivity index (χ2v) is 5.40. The van der Waals surface area contributed by atoms with Crippen molar-refractivity contribution in [2.75, 3.05) is 24.5 Å². The summed E-state index contributed by atoms with van der Waals surface area (Å²) < 4.78 is 0. The van der Waals surface area contributed by atoms with E-state index in [2.05, 4.69) is 21.8 Å². The van der Waals surface area contributed by atoms with Crippen LogP contribution in [0.5, 0.6) is 0 Å². The van der Waals surface area contributed by atoms with E-state index in [0.717, 1.165) is 42.9 Å². The van der Waals surface area contributed by atoms with Crippen molar-refractivity contribution in [1.82, 2.24) is 9.97 Å². The van der Waals surface area contributed by atoms with Crippen LogP contribution in [0.15, 0.2) is 30.5 Å². The fraction of sp³-hybridized carbons (Fsp3) is 0.429. The summed E-state index contributed by atoms with van der Waals surface area (Å²) in [5.74, 6) is 0.964. The molecule has 2 N–H and O–H groups in total. The van der Waals surface area contributed by atoms with Crippen LogP contribution in [0.1, 0.15) is 13.3 Å². The summed E-state index contributed by atoms with van der Waals surface area (Å²) in [5.41, 5.74) is 7.95. The molecular formula is C14H18N4. The van der Waals surface area contributed by atoms with E-state index in [0.29, 0.717) is 0 Å². The average Bonchev–Trinajstić information content (AvgIpc) is 2.82. The summed E-state index contributed by atoms with van der Waals surface area (Å²) in [6.07, 6.45) is 2.99. The van der Waals surface area contributed by atoms with Crippen LogP contribution in [0.25, 0.3) is 11.0 Å². The predicted octanol–water partition coefficient (Wildman–Crippen LogP) is 1.80. The Balaban J connectivity index is 1.91. The molecule has 94 valence electrons. The molecule has 3 rings (SSSR count). The van der Waals surface area contributed by atoms with E-state index in [-0.39, 0.29) is 5.41 Å². The Bertz CT molecular complexity index is 568. The standard InChI is InChI=1S/C14H18N4/c1-14(9-15)6-7-18(10-14)13-8-16-11-4-2-3-5-12(11)17-13/h2-5,8H,6-7,9-10,15H2,1H3. The maximum absolute atomic E-state index is 5.84. The van der Waals surface area contributed by atoms with E-state index < -0.39 is 0 Å². The zero-order chi connectivity index (χ0) is 12.6. The maximum atomic E-state index is 5.84. The third-order valence-corrected chi connectivity index (χ3v) is 3.81. The summed E-state index contributed by atoms with van der Waals surface area (Å²) in [6, 6.07) is 7.97. The van der Waals surface area contributed by atoms with Gasteiger partial charge in [-0.3, -0.25) is 4.98 Å². The Morgan fingerprint density at radius 2 is 2.11 bits per heavy atom. The van der Waals surface area contributed by atoms with Crippen molar-refractivity contribution in [2.45, 2.75) is 13.3 Å². The zero-order valence-corrected chi connectivity index (χ0v) is 10.6. The molecule has 1 atom stereocenters. The Kier molecular flexibility index (Phi) is 2.67. The molecule has 4 heteroatoms. The van der Waals surface area contributed by atoms with E-state index in [1.807, 2.05) is 30.5 Å². The van der Waals surface area contributed by atoms with Gasteiger partial charge in [0.05, 0.1) is 17.2 Å². The molecule has 1 aliphatic rings. The van der Waals surface area contributed by atoms with Gasteiger partial charge in [-0.05, 0) is 30.5 Å². The number of aromatic nitrogens is 2. The fourth-order valence-electron chi connectivity index (χ4n) is 2.49. The topological polar surface area (TPSA) is 55.0 Å². The van der Waals surface area contributed by atoms with Gasteiger partial charge in [0.2, 0.25) is 0 Å². The summed E-state index contributed by atoms with van der Waals surface area (Å²) in [5, 5.41) is 0. The molecule has 1 aliphatic heterocycles. The van der Waals surface area contributed by atoms with E-state index in [1.54, 1.807) is 0 Å². The van der Waals surface area contributed by atoms with Gasteiger partial charge < -0.3 is 10.6 Å². The molecule has 0 bridgehead atoms. The van der Waals surface area contributed by atoms with Crippen LogP contribution < -0.4 is 10.6 Å². The number of rotatable bonds is 2. The fourth-order valence-corrected chi connectivity index (χ4v) is 2.49. The number of hydrogen-bond donors (Lipinski definition) is 1. The first kappa shape index (κ1) is 11.4. The highest BCUT2D eigenvalue weighted by atomic mass is 15.2. The maximum Gasteiger partial charge on any atom is 0.147 e. The minimum absolute atomic E-state index is 0.216. The lowest BCUT2D eigenvalue weighted by Crippen LogP contribution is -2.31. The Morgan fingerprint density at radius 3 is 2.83 bits per heavy atom. The largest absolute Gasteiger partial charge is 0.355 e. The molecule has 0 amide bonds. The van der Waals surface area contributed by atoms with Gasteiger partial charge in [0, 0.05) is 13.1 Å². The number of fused-ring (bicyclic) bond motifs is 1. The van der Waals surface area contributed by atoms with Crippen LogP contribution in [-0.4, -0.2) is 29.6 Å². The minimum atomic E-state index is 0.216. The van der Waals surface area contributed by atoms with Gasteiger partial charge in [-0.25, -0.2) is 4.98 Å². The molecule has 0 spiro atoms. The Morgan fingerprint density at radius 1 is 1.33 bits per heavy atom. The quantitative estimate of drug-likeness (QED) is 0.872. The van der Waals surface area contributed by atoms with Crippen LogP contribution in [0.3, 0.4) is 0 Å². The number of hydrogen-bond acceptors (Lipinski definition) is 4. The average molecular weight is 242 g/mol. The molecule has 18 heavy (non-hydrogen) atoms. The smallest absolute Gasteiger partial charge is 0.147 e. The molecule has 1 unspecified atom stereocenters. The van der Waals surface area contributed by atoms with E-state index in [1.165, 1.54) is 0 Å². The first-order chi connectivity index (χ1) is 8.70. The third kappa shape index (κ3) is 1.93. The molecule has 0 saturated carbocycles. The summed E-state index contributed by atoms with van der Waals surface area (Å²) >= 11 is 0. The number of benzene rings is 1. The zero-order valence-electron chi connectivity index (χ0n) is 10.6. The summed E-state index contributed by atoms with van der Waals surface area (Å²) in [4.78, 5) is 11.4. The summed E-state index contributed by atoms with van der Waals surface area (Å²) in [6.45, 7) is 4.95. The van der Waals surface area contributed by atoms with Crippen LogP contribution in [0.4, 0.5) is 5.82 Å². The van der Waals surface area contributed by atoms with Crippen molar-refractivity contribution >= 4 is 16.9 Å². The van der Waals surface area contributed by atoms with Crippen molar-refractivity contribution in [3.63, 3.8) is 0 Å². The SMILES string of the molecule is CC1(CN)CCN(c2cnc3ccccc3n2)C1. The van der Waals surface area contributed by atoms with Crippen molar-refractivity contribution in [3.05, 3.63) is 30.5 Å². The molecule has 0 radical (unpaired) electrons. The third-order valence-electron chi connectivity index (χ3n) is 3.81. The van der Waals surface area contributed by atoms with Gasteiger partial charge in [0.25, 0.3) is 0 Å². The molecule has 1 aromatic carbocycles. The van der Waals surface area contributed by atoms with Crippen molar-refractivity contribution in [1.29, 1.82) is 0 Å². The van der Waals surface area contributed by atoms with Gasteiger partial charge in [-0.2, -0.15) is 0 Å². The highest BCUT2D eigenvalue weighted by Gasteiger charge is 2.33. The molecule has 0 aliphatic carbocycles. The number of para-hydroxylation sites is 2. The highest BCUT2D eigenvalue weighted by molar-refractivity contribution is 5.75. The number of anilines is 1. The van der Waals surface area contributed by atoms with Crippen LogP contribution in [-0.2, 0) is 0 Å². The van der Waals surface area contributed by atoms with E-state index in [9.17, 15) is 0 Å². The lowest BCUT2D eigenvalue weighted by atomic mass is 9.90. The summed E-state index contributed by atoms with van der Waals surface area (Å²) in [7, 11) is 0. The van der Waals surface area contributed by atoms with Gasteiger partial charge in [0.1, 0.15) is 5.82 Å². The van der Waals surface area contributed by atoms with Gasteiger partial charge in [-0.1, -0.05) is 19.1 Å². The lowest BCUT2D eigenvalue weighted by Gasteiger charge is -2.23. The molecular weight excluding hydrogens is 224 g/mol. The van der Waals surface area contributed by atoms with Crippen LogP contribution in [0.2, 0.25) is 0 Å². The Hall–Kier alpha value is -1.68. The number of nitrogens with zero attached hydrogens (tertiary/aromatic N) is 3. The first-order valence-electron chi connectivity index (χ1n) is 6.37. The predicted molar refractivity (Wildman–Crippen MR) is 73.5 cm³/mol.